The fraction of sp³-hybridized carbons (Fsp3) is 1.00. The normalized spacial score (nSPS) is 51.5. The molecule has 1 spiro atoms. The van der Waals surface area contributed by atoms with Crippen LogP contribution in [-0.2, 0) is 4.74 Å². The van der Waals surface area contributed by atoms with Crippen molar-refractivity contribution >= 4 is 15.9 Å². The third-order valence-corrected chi connectivity index (χ3v) is 5.50. The van der Waals surface area contributed by atoms with Crippen molar-refractivity contribution in [3.8, 4) is 0 Å². The van der Waals surface area contributed by atoms with E-state index in [9.17, 15) is 0 Å². The second-order valence-corrected chi connectivity index (χ2v) is 5.22. The summed E-state index contributed by atoms with van der Waals surface area (Å²) in [5.74, 6) is 0.857. The first-order chi connectivity index (χ1) is 5.34. The van der Waals surface area contributed by atoms with Crippen molar-refractivity contribution in [2.45, 2.75) is 36.6 Å². The van der Waals surface area contributed by atoms with Crippen LogP contribution in [0.2, 0.25) is 0 Å². The Kier molecular flexibility index (Phi) is 1.27. The Bertz CT molecular complexity index is 188. The Morgan fingerprint density at radius 3 is 2.82 bits per heavy atom. The summed E-state index contributed by atoms with van der Waals surface area (Å²) in [6.45, 7) is 1.01. The minimum absolute atomic E-state index is 0.598. The summed E-state index contributed by atoms with van der Waals surface area (Å²) in [4.78, 5) is 0.788. The van der Waals surface area contributed by atoms with Crippen molar-refractivity contribution in [2.24, 2.45) is 11.3 Å². The Morgan fingerprint density at radius 1 is 1.36 bits per heavy atom. The summed E-state index contributed by atoms with van der Waals surface area (Å²) in [6.07, 6.45) is 6.17. The number of ether oxygens (including phenoxy) is 1. The molecule has 0 amide bonds. The van der Waals surface area contributed by atoms with Gasteiger partial charge in [-0.1, -0.05) is 22.4 Å². The zero-order chi connectivity index (χ0) is 7.47. The standard InChI is InChI=1S/C9H13BrO/c10-7-6-2-5-11-8(6)9(7)3-1-4-9/h6-8H,1-5H2/t6-,7+,8+/m0/s1. The number of rotatable bonds is 0. The van der Waals surface area contributed by atoms with Crippen LogP contribution in [0.25, 0.3) is 0 Å². The minimum Gasteiger partial charge on any atom is -0.377 e. The quantitative estimate of drug-likeness (QED) is 0.566. The lowest BCUT2D eigenvalue weighted by molar-refractivity contribution is -0.137. The zero-order valence-electron chi connectivity index (χ0n) is 6.55. The number of halogens is 1. The van der Waals surface area contributed by atoms with Crippen molar-refractivity contribution in [3.63, 3.8) is 0 Å². The van der Waals surface area contributed by atoms with Crippen LogP contribution in [0.5, 0.6) is 0 Å². The van der Waals surface area contributed by atoms with Gasteiger partial charge in [0.05, 0.1) is 6.10 Å². The molecular weight excluding hydrogens is 204 g/mol. The van der Waals surface area contributed by atoms with E-state index in [1.54, 1.807) is 0 Å². The number of alkyl halides is 1. The lowest BCUT2D eigenvalue weighted by atomic mass is 9.50. The average Bonchev–Trinajstić information content (AvgIpc) is 2.29. The molecule has 3 rings (SSSR count). The van der Waals surface area contributed by atoms with Crippen molar-refractivity contribution in [2.75, 3.05) is 6.61 Å². The third kappa shape index (κ3) is 0.627. The molecule has 11 heavy (non-hydrogen) atoms. The van der Waals surface area contributed by atoms with E-state index in [4.69, 9.17) is 4.74 Å². The SMILES string of the molecule is Br[C@@H]1[C@@H]2CCO[C@H]2C12CCC2. The van der Waals surface area contributed by atoms with E-state index in [1.807, 2.05) is 0 Å². The van der Waals surface area contributed by atoms with E-state index in [1.165, 1.54) is 25.7 Å². The van der Waals surface area contributed by atoms with Gasteiger partial charge in [0, 0.05) is 22.8 Å². The summed E-state index contributed by atoms with van der Waals surface area (Å²) in [7, 11) is 0. The highest BCUT2D eigenvalue weighted by atomic mass is 79.9. The highest BCUT2D eigenvalue weighted by Crippen LogP contribution is 2.65. The molecule has 0 radical (unpaired) electrons. The van der Waals surface area contributed by atoms with E-state index >= 15 is 0 Å². The molecule has 1 heterocycles. The topological polar surface area (TPSA) is 9.23 Å². The van der Waals surface area contributed by atoms with Gasteiger partial charge in [-0.2, -0.15) is 0 Å². The first-order valence-electron chi connectivity index (χ1n) is 4.60. The van der Waals surface area contributed by atoms with Crippen LogP contribution < -0.4 is 0 Å². The monoisotopic (exact) mass is 216 g/mol. The minimum atomic E-state index is 0.598. The summed E-state index contributed by atoms with van der Waals surface area (Å²) in [5, 5.41) is 0. The van der Waals surface area contributed by atoms with Gasteiger partial charge in [-0.25, -0.2) is 0 Å². The predicted octanol–water partition coefficient (Wildman–Crippen LogP) is 2.34. The van der Waals surface area contributed by atoms with Crippen molar-refractivity contribution < 1.29 is 4.74 Å². The molecule has 2 heteroatoms. The maximum atomic E-state index is 5.75. The van der Waals surface area contributed by atoms with E-state index in [0.717, 1.165) is 17.4 Å². The first-order valence-corrected chi connectivity index (χ1v) is 5.52. The molecule has 3 atom stereocenters. The van der Waals surface area contributed by atoms with E-state index in [2.05, 4.69) is 15.9 Å². The van der Waals surface area contributed by atoms with Crippen molar-refractivity contribution in [3.05, 3.63) is 0 Å². The molecule has 1 aliphatic heterocycles. The molecule has 0 aromatic heterocycles. The molecule has 2 saturated carbocycles. The second kappa shape index (κ2) is 2.02. The van der Waals surface area contributed by atoms with Gasteiger partial charge in [0.15, 0.2) is 0 Å². The Hall–Kier alpha value is 0.440. The molecule has 0 aromatic rings. The Morgan fingerprint density at radius 2 is 2.18 bits per heavy atom. The lowest BCUT2D eigenvalue weighted by Crippen LogP contribution is -2.63. The van der Waals surface area contributed by atoms with Gasteiger partial charge < -0.3 is 4.74 Å². The van der Waals surface area contributed by atoms with Gasteiger partial charge in [0.1, 0.15) is 0 Å². The number of fused-ring (bicyclic) bond motifs is 2. The molecular formula is C9H13BrO. The van der Waals surface area contributed by atoms with E-state index in [0.29, 0.717) is 11.5 Å². The lowest BCUT2D eigenvalue weighted by Gasteiger charge is -2.61. The van der Waals surface area contributed by atoms with Gasteiger partial charge in [-0.3, -0.25) is 0 Å². The third-order valence-electron chi connectivity index (χ3n) is 3.91. The molecule has 62 valence electrons. The zero-order valence-corrected chi connectivity index (χ0v) is 8.14. The fourth-order valence-corrected chi connectivity index (χ4v) is 4.37. The van der Waals surface area contributed by atoms with Crippen LogP contribution in [0, 0.1) is 11.3 Å². The van der Waals surface area contributed by atoms with Gasteiger partial charge >= 0.3 is 0 Å². The molecule has 0 bridgehead atoms. The number of hydrogen-bond acceptors (Lipinski definition) is 1. The van der Waals surface area contributed by atoms with Crippen LogP contribution in [0.15, 0.2) is 0 Å². The molecule has 1 saturated heterocycles. The highest BCUT2D eigenvalue weighted by Gasteiger charge is 2.65. The van der Waals surface area contributed by atoms with Crippen LogP contribution >= 0.6 is 15.9 Å². The van der Waals surface area contributed by atoms with Crippen LogP contribution in [-0.4, -0.2) is 17.5 Å². The highest BCUT2D eigenvalue weighted by molar-refractivity contribution is 9.09. The molecule has 3 aliphatic rings. The average molecular weight is 217 g/mol. The number of hydrogen-bond donors (Lipinski definition) is 0. The first kappa shape index (κ1) is 6.90. The van der Waals surface area contributed by atoms with E-state index < -0.39 is 0 Å². The van der Waals surface area contributed by atoms with Crippen molar-refractivity contribution in [1.82, 2.24) is 0 Å². The van der Waals surface area contributed by atoms with Gasteiger partial charge in [-0.05, 0) is 19.3 Å². The van der Waals surface area contributed by atoms with Gasteiger partial charge in [0.25, 0.3) is 0 Å². The summed E-state index contributed by atoms with van der Waals surface area (Å²) < 4.78 is 5.75. The van der Waals surface area contributed by atoms with Crippen LogP contribution in [0.3, 0.4) is 0 Å². The second-order valence-electron chi connectivity index (χ2n) is 4.23. The molecule has 0 aromatic carbocycles. The molecule has 1 nitrogen and oxygen atoms in total. The Labute approximate surface area is 75.6 Å². The maximum Gasteiger partial charge on any atom is 0.0681 e. The molecule has 3 fully saturated rings. The van der Waals surface area contributed by atoms with Crippen molar-refractivity contribution in [1.29, 1.82) is 0 Å². The fourth-order valence-electron chi connectivity index (χ4n) is 3.11. The maximum absolute atomic E-state index is 5.75. The smallest absolute Gasteiger partial charge is 0.0681 e. The molecule has 0 unspecified atom stereocenters. The summed E-state index contributed by atoms with van der Waals surface area (Å²) in [6, 6.07) is 0. The summed E-state index contributed by atoms with van der Waals surface area (Å²) in [5.41, 5.74) is 0.598. The Balaban J connectivity index is 1.86. The van der Waals surface area contributed by atoms with Crippen LogP contribution in [0.4, 0.5) is 0 Å². The molecule has 2 aliphatic carbocycles. The predicted molar refractivity (Wildman–Crippen MR) is 46.8 cm³/mol. The van der Waals surface area contributed by atoms with E-state index in [-0.39, 0.29) is 0 Å². The largest absolute Gasteiger partial charge is 0.377 e. The summed E-state index contributed by atoms with van der Waals surface area (Å²) >= 11 is 3.82. The van der Waals surface area contributed by atoms with Gasteiger partial charge in [-0.15, -0.1) is 0 Å². The van der Waals surface area contributed by atoms with Gasteiger partial charge in [0.2, 0.25) is 0 Å². The molecule has 0 N–H and O–H groups in total. The van der Waals surface area contributed by atoms with Crippen LogP contribution in [0.1, 0.15) is 25.7 Å².